The second kappa shape index (κ2) is 12.3. The molecule has 2 heteroatoms. The van der Waals surface area contributed by atoms with Gasteiger partial charge in [-0.25, -0.2) is 0 Å². The van der Waals surface area contributed by atoms with Crippen LogP contribution in [0.4, 0.5) is 17.1 Å². The second-order valence-corrected chi connectivity index (χ2v) is 16.4. The average molecular weight is 720 g/mol. The summed E-state index contributed by atoms with van der Waals surface area (Å²) in [4.78, 5) is 2.45. The van der Waals surface area contributed by atoms with Crippen molar-refractivity contribution in [3.8, 4) is 33.4 Å². The fourth-order valence-corrected chi connectivity index (χ4v) is 10.2. The summed E-state index contributed by atoms with van der Waals surface area (Å²) in [7, 11) is 0. The van der Waals surface area contributed by atoms with Crippen LogP contribution in [0.5, 0.6) is 0 Å². The SMILES string of the molecule is CC1(C)c2ccccc2-c2ccc(N(c3ccc(-c4ccc5c(ccc6sc7ccccc7c65)c4)cc3)c3ccccc3-c3ccc4ccccc4c3)cc21. The van der Waals surface area contributed by atoms with E-state index >= 15 is 0 Å². The van der Waals surface area contributed by atoms with E-state index in [0.29, 0.717) is 0 Å². The number of nitrogens with zero attached hydrogens (tertiary/aromatic N) is 1. The lowest BCUT2D eigenvalue weighted by atomic mass is 9.82. The standard InChI is InChI=1S/C53H37NS/c1-53(2)47-16-8-5-14-44(47)45-29-27-41(33-48(45)53)54(49-17-9-6-13-42(49)38-20-19-34-11-3-4-12-36(34)31-38)40-25-21-35(22-26-40)37-23-28-43-39(32-37)24-30-51-52(43)46-15-7-10-18-50(46)55-51/h3-33H,1-2H3. The first-order chi connectivity index (χ1) is 27.0. The van der Waals surface area contributed by atoms with Crippen LogP contribution in [0, 0.1) is 0 Å². The summed E-state index contributed by atoms with van der Waals surface area (Å²) in [6, 6.07) is 69.7. The van der Waals surface area contributed by atoms with Gasteiger partial charge in [0.25, 0.3) is 0 Å². The lowest BCUT2D eigenvalue weighted by molar-refractivity contribution is 0.660. The molecule has 1 heterocycles. The smallest absolute Gasteiger partial charge is 0.0540 e. The molecule has 1 aliphatic carbocycles. The van der Waals surface area contributed by atoms with Crippen LogP contribution in [0.2, 0.25) is 0 Å². The summed E-state index contributed by atoms with van der Waals surface area (Å²) in [5, 5.41) is 7.78. The second-order valence-electron chi connectivity index (χ2n) is 15.3. The van der Waals surface area contributed by atoms with Crippen LogP contribution < -0.4 is 4.90 Å². The first-order valence-corrected chi connectivity index (χ1v) is 19.9. The molecule has 0 bridgehead atoms. The topological polar surface area (TPSA) is 3.24 Å². The Bertz CT molecular complexity index is 3130. The van der Waals surface area contributed by atoms with Gasteiger partial charge in [0.1, 0.15) is 0 Å². The van der Waals surface area contributed by atoms with Crippen molar-refractivity contribution in [3.63, 3.8) is 0 Å². The Balaban J connectivity index is 1.05. The van der Waals surface area contributed by atoms with E-state index in [0.717, 1.165) is 17.1 Å². The van der Waals surface area contributed by atoms with E-state index in [2.05, 4.69) is 207 Å². The Morgan fingerprint density at radius 3 is 1.95 bits per heavy atom. The van der Waals surface area contributed by atoms with Crippen molar-refractivity contribution in [1.82, 2.24) is 0 Å². The molecule has 0 atom stereocenters. The van der Waals surface area contributed by atoms with Gasteiger partial charge in [0.2, 0.25) is 0 Å². The molecule has 0 radical (unpaired) electrons. The van der Waals surface area contributed by atoms with Gasteiger partial charge in [-0.05, 0) is 115 Å². The molecular formula is C53H37NS. The van der Waals surface area contributed by atoms with E-state index in [9.17, 15) is 0 Å². The Hall–Kier alpha value is -6.48. The average Bonchev–Trinajstić information content (AvgIpc) is 3.73. The number of anilines is 3. The molecular weight excluding hydrogens is 683 g/mol. The van der Waals surface area contributed by atoms with E-state index in [1.54, 1.807) is 0 Å². The number of rotatable bonds is 5. The number of hydrogen-bond acceptors (Lipinski definition) is 2. The number of thiophene rings is 1. The zero-order valence-corrected chi connectivity index (χ0v) is 31.6. The molecule has 1 aliphatic rings. The first kappa shape index (κ1) is 32.0. The summed E-state index contributed by atoms with van der Waals surface area (Å²) >= 11 is 1.88. The van der Waals surface area contributed by atoms with E-state index in [4.69, 9.17) is 0 Å². The first-order valence-electron chi connectivity index (χ1n) is 19.1. The molecule has 10 aromatic rings. The lowest BCUT2D eigenvalue weighted by Gasteiger charge is -2.30. The van der Waals surface area contributed by atoms with Gasteiger partial charge in [-0.2, -0.15) is 0 Å². The molecule has 0 aliphatic heterocycles. The number of hydrogen-bond donors (Lipinski definition) is 0. The van der Waals surface area contributed by atoms with Crippen LogP contribution in [-0.4, -0.2) is 0 Å². The minimum Gasteiger partial charge on any atom is -0.310 e. The van der Waals surface area contributed by atoms with Crippen molar-refractivity contribution in [2.75, 3.05) is 4.90 Å². The van der Waals surface area contributed by atoms with Crippen LogP contribution in [0.25, 0.3) is 75.1 Å². The van der Waals surface area contributed by atoms with E-state index in [1.165, 1.54) is 86.2 Å². The predicted molar refractivity (Wildman–Crippen MR) is 237 cm³/mol. The molecule has 0 N–H and O–H groups in total. The van der Waals surface area contributed by atoms with Gasteiger partial charge in [-0.3, -0.25) is 0 Å². The van der Waals surface area contributed by atoms with Crippen LogP contribution in [0.15, 0.2) is 188 Å². The highest BCUT2D eigenvalue weighted by Crippen LogP contribution is 2.51. The predicted octanol–water partition coefficient (Wildman–Crippen LogP) is 15.5. The van der Waals surface area contributed by atoms with Crippen molar-refractivity contribution in [2.24, 2.45) is 0 Å². The Morgan fingerprint density at radius 1 is 0.400 bits per heavy atom. The summed E-state index contributed by atoms with van der Waals surface area (Å²) in [6.45, 7) is 4.72. The van der Waals surface area contributed by atoms with Gasteiger partial charge >= 0.3 is 0 Å². The fourth-order valence-electron chi connectivity index (χ4n) is 9.06. The molecule has 55 heavy (non-hydrogen) atoms. The Labute approximate surface area is 325 Å². The summed E-state index contributed by atoms with van der Waals surface area (Å²) in [5.41, 5.74) is 13.6. The van der Waals surface area contributed by atoms with Gasteiger partial charge in [-0.1, -0.05) is 147 Å². The molecule has 1 aromatic heterocycles. The summed E-state index contributed by atoms with van der Waals surface area (Å²) in [6.07, 6.45) is 0. The van der Waals surface area contributed by atoms with Gasteiger partial charge in [0, 0.05) is 42.5 Å². The molecule has 0 unspecified atom stereocenters. The molecule has 0 spiro atoms. The lowest BCUT2D eigenvalue weighted by Crippen LogP contribution is -2.16. The van der Waals surface area contributed by atoms with Crippen LogP contribution in [0.1, 0.15) is 25.0 Å². The highest BCUT2D eigenvalue weighted by atomic mass is 32.1. The number of benzene rings is 9. The number of fused-ring (bicyclic) bond motifs is 9. The minimum atomic E-state index is -0.105. The highest BCUT2D eigenvalue weighted by molar-refractivity contribution is 7.26. The molecule has 0 amide bonds. The largest absolute Gasteiger partial charge is 0.310 e. The molecule has 9 aromatic carbocycles. The van der Waals surface area contributed by atoms with Crippen molar-refractivity contribution >= 4 is 70.1 Å². The minimum absolute atomic E-state index is 0.105. The van der Waals surface area contributed by atoms with Crippen molar-refractivity contribution in [3.05, 3.63) is 199 Å². The highest BCUT2D eigenvalue weighted by Gasteiger charge is 2.35. The molecule has 260 valence electrons. The van der Waals surface area contributed by atoms with Crippen LogP contribution in [-0.2, 0) is 5.41 Å². The molecule has 1 nitrogen and oxygen atoms in total. The van der Waals surface area contributed by atoms with Gasteiger partial charge < -0.3 is 4.90 Å². The number of para-hydroxylation sites is 1. The van der Waals surface area contributed by atoms with Crippen molar-refractivity contribution in [2.45, 2.75) is 19.3 Å². The summed E-state index contributed by atoms with van der Waals surface area (Å²) < 4.78 is 2.68. The van der Waals surface area contributed by atoms with E-state index in [-0.39, 0.29) is 5.41 Å². The van der Waals surface area contributed by atoms with Crippen LogP contribution in [0.3, 0.4) is 0 Å². The van der Waals surface area contributed by atoms with Gasteiger partial charge in [0.05, 0.1) is 5.69 Å². The van der Waals surface area contributed by atoms with Crippen LogP contribution >= 0.6 is 11.3 Å². The zero-order chi connectivity index (χ0) is 36.7. The molecule has 0 saturated carbocycles. The third kappa shape index (κ3) is 5.06. The van der Waals surface area contributed by atoms with Crippen molar-refractivity contribution < 1.29 is 0 Å². The maximum absolute atomic E-state index is 2.45. The molecule has 0 saturated heterocycles. The Kier molecular flexibility index (Phi) is 7.14. The zero-order valence-electron chi connectivity index (χ0n) is 30.8. The molecule has 0 fully saturated rings. The third-order valence-electron chi connectivity index (χ3n) is 11.8. The van der Waals surface area contributed by atoms with E-state index < -0.39 is 0 Å². The monoisotopic (exact) mass is 719 g/mol. The quantitative estimate of drug-likeness (QED) is 0.171. The summed E-state index contributed by atoms with van der Waals surface area (Å²) in [5.74, 6) is 0. The van der Waals surface area contributed by atoms with Crippen molar-refractivity contribution in [1.29, 1.82) is 0 Å². The maximum Gasteiger partial charge on any atom is 0.0540 e. The van der Waals surface area contributed by atoms with Gasteiger partial charge in [-0.15, -0.1) is 11.3 Å². The normalized spacial score (nSPS) is 13.1. The van der Waals surface area contributed by atoms with E-state index in [1.807, 2.05) is 11.3 Å². The fraction of sp³-hybridized carbons (Fsp3) is 0.0566. The maximum atomic E-state index is 2.45. The van der Waals surface area contributed by atoms with Gasteiger partial charge in [0.15, 0.2) is 0 Å². The molecule has 11 rings (SSSR count). The third-order valence-corrected chi connectivity index (χ3v) is 13.0. The Morgan fingerprint density at radius 2 is 1.05 bits per heavy atom.